The molecule has 0 fully saturated rings. The molecule has 0 amide bonds. The Morgan fingerprint density at radius 2 is 0.889 bits per heavy atom. The highest BCUT2D eigenvalue weighted by molar-refractivity contribution is 5.80. The van der Waals surface area contributed by atoms with Crippen molar-refractivity contribution in [1.82, 2.24) is 15.0 Å². The summed E-state index contributed by atoms with van der Waals surface area (Å²) in [4.78, 5) is 11.5. The fourth-order valence-electron chi connectivity index (χ4n) is 3.49. The molecule has 0 N–H and O–H groups in total. The van der Waals surface area contributed by atoms with Gasteiger partial charge in [0.1, 0.15) is 11.5 Å². The molecule has 264 valence electrons. The maximum absolute atomic E-state index is 11.5. The fourth-order valence-corrected chi connectivity index (χ4v) is 3.49. The van der Waals surface area contributed by atoms with E-state index in [0.717, 1.165) is 12.2 Å². The molecule has 45 heavy (non-hydrogen) atoms. The van der Waals surface area contributed by atoms with E-state index in [1.54, 1.807) is 0 Å². The van der Waals surface area contributed by atoms with Crippen LogP contribution in [0.4, 0.5) is 0 Å². The molecule has 0 aliphatic rings. The number of nitrogens with zero attached hydrogens (tertiary/aromatic N) is 3. The highest BCUT2D eigenvalue weighted by atomic mass is 16.6. The molecule has 0 saturated heterocycles. The van der Waals surface area contributed by atoms with Gasteiger partial charge < -0.3 is 47.4 Å². The van der Waals surface area contributed by atoms with Gasteiger partial charge in [-0.2, -0.15) is 0 Å². The fraction of sp³-hybridized carbons (Fsp3) is 0.903. The van der Waals surface area contributed by atoms with E-state index in [2.05, 4.69) is 24.2 Å². The molecular formula is C31H59N3O11. The minimum atomic E-state index is 0.0602. The summed E-state index contributed by atoms with van der Waals surface area (Å²) >= 11 is 0. The minimum Gasteiger partial charge on any atom is -0.379 e. The van der Waals surface area contributed by atoms with Gasteiger partial charge in [-0.25, -0.2) is 0 Å². The molecule has 0 aliphatic heterocycles. The normalized spacial score (nSPS) is 11.8. The summed E-state index contributed by atoms with van der Waals surface area (Å²) in [5.74, 6) is 0.807. The molecule has 1 aromatic rings. The van der Waals surface area contributed by atoms with Crippen LogP contribution >= 0.6 is 0 Å². The van der Waals surface area contributed by atoms with Crippen LogP contribution in [0.1, 0.15) is 39.8 Å². The van der Waals surface area contributed by atoms with Gasteiger partial charge in [0.15, 0.2) is 0 Å². The van der Waals surface area contributed by atoms with Crippen molar-refractivity contribution in [2.45, 2.75) is 47.3 Å². The third-order valence-corrected chi connectivity index (χ3v) is 5.87. The zero-order valence-corrected chi connectivity index (χ0v) is 28.1. The molecule has 0 unspecified atom stereocenters. The van der Waals surface area contributed by atoms with E-state index in [9.17, 15) is 4.79 Å². The molecular weight excluding hydrogens is 590 g/mol. The molecule has 1 heterocycles. The number of rotatable bonds is 35. The average molecular weight is 650 g/mol. The van der Waals surface area contributed by atoms with Crippen molar-refractivity contribution in [3.63, 3.8) is 0 Å². The number of Topliss-reactive ketones (excluding diaryl/α,β-unsaturated/α-hetero) is 1. The highest BCUT2D eigenvalue weighted by Gasteiger charge is 2.06. The van der Waals surface area contributed by atoms with Crippen LogP contribution in [0.5, 0.6) is 0 Å². The summed E-state index contributed by atoms with van der Waals surface area (Å²) in [5, 5.41) is 8.18. The predicted octanol–water partition coefficient (Wildman–Crippen LogP) is 2.22. The zero-order chi connectivity index (χ0) is 32.6. The van der Waals surface area contributed by atoms with Gasteiger partial charge in [-0.15, -0.1) is 5.10 Å². The average Bonchev–Trinajstić information content (AvgIpc) is 3.45. The van der Waals surface area contributed by atoms with Crippen molar-refractivity contribution in [3.8, 4) is 0 Å². The summed E-state index contributed by atoms with van der Waals surface area (Å²) in [7, 11) is 0. The second kappa shape index (κ2) is 31.0. The smallest absolute Gasteiger partial charge is 0.137 e. The van der Waals surface area contributed by atoms with Crippen LogP contribution in [0, 0.1) is 11.8 Å². The molecule has 0 aliphatic carbocycles. The van der Waals surface area contributed by atoms with E-state index in [0.29, 0.717) is 144 Å². The zero-order valence-electron chi connectivity index (χ0n) is 28.1. The second-order valence-electron chi connectivity index (χ2n) is 10.8. The Morgan fingerprint density at radius 1 is 0.556 bits per heavy atom. The number of ether oxygens (including phenoxy) is 10. The number of ketones is 1. The molecule has 0 aromatic carbocycles. The van der Waals surface area contributed by atoms with Gasteiger partial charge in [-0.05, 0) is 5.92 Å². The summed E-state index contributed by atoms with van der Waals surface area (Å²) in [5.41, 5.74) is 0.823. The third-order valence-electron chi connectivity index (χ3n) is 5.87. The van der Waals surface area contributed by atoms with Gasteiger partial charge in [0.25, 0.3) is 0 Å². The third kappa shape index (κ3) is 28.4. The lowest BCUT2D eigenvalue weighted by Gasteiger charge is -2.09. The Labute approximate surface area is 269 Å². The molecule has 0 atom stereocenters. The summed E-state index contributed by atoms with van der Waals surface area (Å²) < 4.78 is 56.5. The lowest BCUT2D eigenvalue weighted by molar-refractivity contribution is -0.123. The van der Waals surface area contributed by atoms with E-state index in [-0.39, 0.29) is 11.7 Å². The molecule has 14 nitrogen and oxygen atoms in total. The van der Waals surface area contributed by atoms with Crippen molar-refractivity contribution < 1.29 is 52.2 Å². The molecule has 0 spiro atoms. The Bertz CT molecular complexity index is 784. The molecule has 0 saturated carbocycles. The largest absolute Gasteiger partial charge is 0.379 e. The molecule has 0 bridgehead atoms. The summed E-state index contributed by atoms with van der Waals surface area (Å²) in [6.07, 6.45) is 2.37. The van der Waals surface area contributed by atoms with Gasteiger partial charge in [0.2, 0.25) is 0 Å². The van der Waals surface area contributed by atoms with Crippen LogP contribution in [0.2, 0.25) is 0 Å². The standard InChI is InChI=1S/C31H59N3O11/c1-28(2)25-34-26-30(32-33-34)27-45-24-23-44-22-21-43-20-19-42-18-17-41-16-15-40-14-13-39-12-11-38-10-9-37-8-7-36-6-5-31(35)29(3)4/h26,28-29H,5-25,27H2,1-4H3. The monoisotopic (exact) mass is 649 g/mol. The van der Waals surface area contributed by atoms with Crippen molar-refractivity contribution in [2.24, 2.45) is 11.8 Å². The molecule has 1 aromatic heterocycles. The summed E-state index contributed by atoms with van der Waals surface area (Å²) in [6.45, 7) is 18.8. The van der Waals surface area contributed by atoms with Crippen LogP contribution in [-0.2, 0) is 65.3 Å². The van der Waals surface area contributed by atoms with Gasteiger partial charge in [0.05, 0.1) is 138 Å². The van der Waals surface area contributed by atoms with Crippen molar-refractivity contribution in [1.29, 1.82) is 0 Å². The SMILES string of the molecule is CC(C)Cn1cc(COCCOCCOCCOCCOCCOCCOCCOCCOCCOCCC(=O)C(C)C)nn1. The molecule has 0 radical (unpaired) electrons. The maximum Gasteiger partial charge on any atom is 0.137 e. The van der Waals surface area contributed by atoms with E-state index in [1.165, 1.54) is 0 Å². The van der Waals surface area contributed by atoms with Gasteiger partial charge in [-0.3, -0.25) is 9.48 Å². The van der Waals surface area contributed by atoms with Crippen LogP contribution in [0.15, 0.2) is 6.20 Å². The first-order valence-corrected chi connectivity index (χ1v) is 16.2. The van der Waals surface area contributed by atoms with Gasteiger partial charge in [0, 0.05) is 18.9 Å². The first-order chi connectivity index (χ1) is 22.0. The van der Waals surface area contributed by atoms with E-state index < -0.39 is 0 Å². The number of carbonyl (C=O) groups excluding carboxylic acids is 1. The van der Waals surface area contributed by atoms with Gasteiger partial charge >= 0.3 is 0 Å². The van der Waals surface area contributed by atoms with E-state index in [1.807, 2.05) is 24.7 Å². The first-order valence-electron chi connectivity index (χ1n) is 16.2. The van der Waals surface area contributed by atoms with Crippen LogP contribution in [0.3, 0.4) is 0 Å². The van der Waals surface area contributed by atoms with Crippen LogP contribution in [0.25, 0.3) is 0 Å². The quantitative estimate of drug-likeness (QED) is 0.0994. The van der Waals surface area contributed by atoms with E-state index >= 15 is 0 Å². The molecule has 1 rings (SSSR count). The topological polar surface area (TPSA) is 140 Å². The van der Waals surface area contributed by atoms with Crippen molar-refractivity contribution in [2.75, 3.05) is 126 Å². The highest BCUT2D eigenvalue weighted by Crippen LogP contribution is 2.01. The Balaban J connectivity index is 1.66. The lowest BCUT2D eigenvalue weighted by Crippen LogP contribution is -2.15. The Morgan fingerprint density at radius 3 is 1.22 bits per heavy atom. The maximum atomic E-state index is 11.5. The predicted molar refractivity (Wildman–Crippen MR) is 166 cm³/mol. The minimum absolute atomic E-state index is 0.0602. The number of aromatic nitrogens is 3. The van der Waals surface area contributed by atoms with Gasteiger partial charge in [-0.1, -0.05) is 32.9 Å². The number of hydrogen-bond acceptors (Lipinski definition) is 13. The lowest BCUT2D eigenvalue weighted by atomic mass is 10.1. The van der Waals surface area contributed by atoms with E-state index in [4.69, 9.17) is 47.4 Å². The molecule has 14 heteroatoms. The second-order valence-corrected chi connectivity index (χ2v) is 10.8. The Hall–Kier alpha value is -1.59. The van der Waals surface area contributed by atoms with Crippen LogP contribution in [-0.4, -0.2) is 146 Å². The number of hydrogen-bond donors (Lipinski definition) is 0. The number of carbonyl (C=O) groups is 1. The first kappa shape index (κ1) is 41.4. The summed E-state index contributed by atoms with van der Waals surface area (Å²) in [6, 6.07) is 0. The Kier molecular flexibility index (Phi) is 28.6. The van der Waals surface area contributed by atoms with Crippen molar-refractivity contribution in [3.05, 3.63) is 11.9 Å². The van der Waals surface area contributed by atoms with Crippen molar-refractivity contribution >= 4 is 5.78 Å². The van der Waals surface area contributed by atoms with Crippen LogP contribution < -0.4 is 0 Å².